The lowest BCUT2D eigenvalue weighted by atomic mass is 10.1. The number of piperidine rings is 1. The zero-order chi connectivity index (χ0) is 60.4. The minimum atomic E-state index is -2.92. The number of carbonyl (C=O) groups is 2. The van der Waals surface area contributed by atoms with Crippen LogP contribution in [0.2, 0.25) is 20.1 Å². The molecule has 85 heavy (non-hydrogen) atoms. The molecule has 0 aliphatic carbocycles. The number of hydrogen-bond acceptors (Lipinski definition) is 11. The molecule has 15 nitrogen and oxygen atoms in total. The minimum absolute atomic E-state index is 0.0314. The number of carbonyl (C=O) groups excluding carboxylic acids is 2. The van der Waals surface area contributed by atoms with Crippen molar-refractivity contribution < 1.29 is 44.8 Å². The quantitative estimate of drug-likeness (QED) is 0.0662. The molecule has 448 valence electrons. The van der Waals surface area contributed by atoms with Gasteiger partial charge >= 0.3 is 24.9 Å². The maximum atomic E-state index is 15.1. The van der Waals surface area contributed by atoms with Crippen LogP contribution in [0.4, 0.5) is 58.7 Å². The molecule has 8 aromatic rings. The van der Waals surface area contributed by atoms with Crippen LogP contribution in [-0.2, 0) is 13.1 Å². The lowest BCUT2D eigenvalue weighted by molar-refractivity contribution is 0.115. The number of para-hydroxylation sites is 2. The van der Waals surface area contributed by atoms with Gasteiger partial charge in [-0.15, -0.1) is 20.4 Å². The summed E-state index contributed by atoms with van der Waals surface area (Å²) in [5, 5.41) is 22.2. The topological polar surface area (TPSA) is 152 Å². The van der Waals surface area contributed by atoms with Crippen LogP contribution >= 0.6 is 62.3 Å². The number of urea groups is 2. The molecule has 0 saturated carbocycles. The van der Waals surface area contributed by atoms with Gasteiger partial charge in [0.15, 0.2) is 0 Å². The van der Waals surface area contributed by atoms with E-state index in [9.17, 15) is 31.5 Å². The summed E-state index contributed by atoms with van der Waals surface area (Å²) in [6.07, 6.45) is -1.93. The molecule has 0 atom stereocenters. The Balaban J connectivity index is 0.000000188. The maximum Gasteiger partial charge on any atom is 0.322 e. The molecule has 10 rings (SSSR count). The van der Waals surface area contributed by atoms with Gasteiger partial charge in [0, 0.05) is 109 Å². The summed E-state index contributed by atoms with van der Waals surface area (Å²) < 4.78 is 90.3. The van der Waals surface area contributed by atoms with Crippen molar-refractivity contribution in [2.75, 3.05) is 83.8 Å². The highest BCUT2D eigenvalue weighted by atomic mass is 79.9. The van der Waals surface area contributed by atoms with Crippen molar-refractivity contribution in [3.05, 3.63) is 188 Å². The fourth-order valence-corrected chi connectivity index (χ4v) is 9.81. The van der Waals surface area contributed by atoms with E-state index in [1.807, 2.05) is 42.5 Å². The monoisotopic (exact) mass is 1320 g/mol. The smallest absolute Gasteiger partial charge is 0.322 e. The number of halogens is 11. The SMILES string of the molecule is Clc1ccc(N2CCCCC2)cc1Cl.O=C(NCCBr)N(Cc1ccc(-c2nnc(C(F)F)o2)cc1F)c1ccccc1.O=C(NCCN1CCN(c2ccc(Cl)c(Cl)c2)CC1)N(Cc1ccc(-c2nnc(C(F)F)o2)cc1F)c1ccccc1. The zero-order valence-electron chi connectivity index (χ0n) is 45.3. The van der Waals surface area contributed by atoms with E-state index in [1.54, 1.807) is 54.6 Å². The third-order valence-corrected chi connectivity index (χ3v) is 15.4. The largest absolute Gasteiger partial charge is 0.415 e. The van der Waals surface area contributed by atoms with Gasteiger partial charge in [-0.2, -0.15) is 17.6 Å². The van der Waals surface area contributed by atoms with E-state index in [1.165, 1.54) is 59.0 Å². The average molecular weight is 1320 g/mol. The number of rotatable bonds is 17. The first-order chi connectivity index (χ1) is 41.0. The lowest BCUT2D eigenvalue weighted by Gasteiger charge is -2.36. The first kappa shape index (κ1) is 63.9. The van der Waals surface area contributed by atoms with Gasteiger partial charge in [0.25, 0.3) is 11.8 Å². The molecular formula is C59H56BrCl4F6N11O4. The van der Waals surface area contributed by atoms with Crippen LogP contribution < -0.4 is 30.2 Å². The Morgan fingerprint density at radius 1 is 0.529 bits per heavy atom. The number of hydrogen-bond donors (Lipinski definition) is 2. The number of anilines is 4. The highest BCUT2D eigenvalue weighted by Gasteiger charge is 2.24. The third kappa shape index (κ3) is 18.0. The summed E-state index contributed by atoms with van der Waals surface area (Å²) in [6, 6.07) is 36.6. The van der Waals surface area contributed by atoms with Crippen LogP contribution in [-0.4, -0.2) is 102 Å². The van der Waals surface area contributed by atoms with Crippen LogP contribution in [0.5, 0.6) is 0 Å². The lowest BCUT2D eigenvalue weighted by Crippen LogP contribution is -2.49. The number of amides is 4. The van der Waals surface area contributed by atoms with Gasteiger partial charge in [-0.05, 0) is 104 Å². The van der Waals surface area contributed by atoms with Crippen molar-refractivity contribution in [1.29, 1.82) is 0 Å². The molecule has 2 aromatic heterocycles. The fourth-order valence-electron chi connectivity index (χ4n) is 9.02. The van der Waals surface area contributed by atoms with E-state index < -0.39 is 36.3 Å². The molecule has 4 heterocycles. The summed E-state index contributed by atoms with van der Waals surface area (Å²) in [7, 11) is 0. The van der Waals surface area contributed by atoms with E-state index in [2.05, 4.69) is 61.7 Å². The predicted molar refractivity (Wildman–Crippen MR) is 323 cm³/mol. The van der Waals surface area contributed by atoms with Crippen LogP contribution in [0.25, 0.3) is 22.9 Å². The number of nitrogens with zero attached hydrogens (tertiary/aromatic N) is 9. The summed E-state index contributed by atoms with van der Waals surface area (Å²) in [5.74, 6) is -3.36. The van der Waals surface area contributed by atoms with Gasteiger partial charge in [-0.3, -0.25) is 14.7 Å². The first-order valence-corrected chi connectivity index (χ1v) is 29.4. The van der Waals surface area contributed by atoms with Gasteiger partial charge in [0.2, 0.25) is 11.8 Å². The summed E-state index contributed by atoms with van der Waals surface area (Å²) in [6.45, 7) is 6.89. The molecule has 0 spiro atoms. The van der Waals surface area contributed by atoms with Gasteiger partial charge in [-0.1, -0.05) is 111 Å². The Morgan fingerprint density at radius 3 is 1.36 bits per heavy atom. The molecule has 6 aromatic carbocycles. The normalized spacial score (nSPS) is 13.4. The van der Waals surface area contributed by atoms with Crippen molar-refractivity contribution in [3.63, 3.8) is 0 Å². The van der Waals surface area contributed by atoms with Crippen LogP contribution in [0.1, 0.15) is 55.0 Å². The van der Waals surface area contributed by atoms with Crippen LogP contribution in [0.3, 0.4) is 0 Å². The van der Waals surface area contributed by atoms with Crippen molar-refractivity contribution >= 4 is 97.1 Å². The second kappa shape index (κ2) is 31.4. The van der Waals surface area contributed by atoms with Gasteiger partial charge < -0.3 is 29.3 Å². The third-order valence-electron chi connectivity index (χ3n) is 13.5. The Morgan fingerprint density at radius 2 is 0.965 bits per heavy atom. The number of benzene rings is 6. The Labute approximate surface area is 514 Å². The number of aromatic nitrogens is 4. The summed E-state index contributed by atoms with van der Waals surface area (Å²) in [4.78, 5) is 35.6. The van der Waals surface area contributed by atoms with Crippen molar-refractivity contribution in [2.45, 2.75) is 45.2 Å². The van der Waals surface area contributed by atoms with E-state index in [0.29, 0.717) is 56.4 Å². The molecule has 2 saturated heterocycles. The number of alkyl halides is 5. The number of nitrogens with one attached hydrogen (secondary N) is 2. The zero-order valence-corrected chi connectivity index (χ0v) is 49.9. The Bertz CT molecular complexity index is 3460. The second-order valence-corrected chi connectivity index (χ2v) is 21.6. The summed E-state index contributed by atoms with van der Waals surface area (Å²) in [5.41, 5.74) is 4.19. The second-order valence-electron chi connectivity index (χ2n) is 19.2. The van der Waals surface area contributed by atoms with E-state index in [0.717, 1.165) is 57.1 Å². The van der Waals surface area contributed by atoms with E-state index in [4.69, 9.17) is 55.2 Å². The van der Waals surface area contributed by atoms with Crippen molar-refractivity contribution in [2.24, 2.45) is 0 Å². The molecule has 0 unspecified atom stereocenters. The Hall–Kier alpha value is -7.08. The predicted octanol–water partition coefficient (Wildman–Crippen LogP) is 15.6. The molecule has 2 aliphatic heterocycles. The molecule has 0 radical (unpaired) electrons. The maximum absolute atomic E-state index is 15.1. The fraction of sp³-hybridized carbons (Fsp3) is 0.288. The molecule has 26 heteroatoms. The Kier molecular flexibility index (Phi) is 23.6. The van der Waals surface area contributed by atoms with Gasteiger partial charge in [0.05, 0.1) is 33.2 Å². The summed E-state index contributed by atoms with van der Waals surface area (Å²) >= 11 is 27.3. The molecule has 2 aliphatic rings. The molecule has 4 amide bonds. The average Bonchev–Trinajstić information content (AvgIpc) is 4.46. The van der Waals surface area contributed by atoms with Gasteiger partial charge in [0.1, 0.15) is 11.6 Å². The molecule has 2 fully saturated rings. The first-order valence-electron chi connectivity index (χ1n) is 26.7. The molecular weight excluding hydrogens is 1260 g/mol. The highest BCUT2D eigenvalue weighted by Crippen LogP contribution is 2.32. The van der Waals surface area contributed by atoms with E-state index >= 15 is 4.39 Å². The standard InChI is InChI=1S/C29H27Cl2F3N6O2.C19H16BrF3N4O2.C11H13Cl2N/c30-23-9-8-22(17-24(23)31)39-14-12-38(13-15-39)11-10-35-29(41)40(21-4-2-1-3-5-21)18-20-7-6-19(16-25(20)32)27-36-37-28(42-27)26(33)34;20-8-9-24-19(28)27(14-4-2-1-3-5-14)11-13-7-6-12(10-15(13)21)17-25-26-18(29-17)16(22)23;12-10-5-4-9(8-11(10)13)14-6-2-1-3-7-14/h1-9,16-17,26H,10-15,18H2,(H,35,41);1-7,10,16H,8-9,11H2,(H,24,28);4-5,8H,1-3,6-7H2. The molecule has 2 N–H and O–H groups in total. The van der Waals surface area contributed by atoms with E-state index in [-0.39, 0.29) is 59.2 Å². The van der Waals surface area contributed by atoms with Gasteiger partial charge in [-0.25, -0.2) is 18.4 Å². The van der Waals surface area contributed by atoms with Crippen molar-refractivity contribution in [1.82, 2.24) is 35.9 Å². The van der Waals surface area contributed by atoms with Crippen molar-refractivity contribution in [3.8, 4) is 22.9 Å². The number of piperazine rings is 1. The van der Waals surface area contributed by atoms with Crippen LogP contribution in [0.15, 0.2) is 142 Å². The minimum Gasteiger partial charge on any atom is -0.415 e. The van der Waals surface area contributed by atoms with Crippen LogP contribution in [0, 0.1) is 11.6 Å². The highest BCUT2D eigenvalue weighted by molar-refractivity contribution is 9.09. The molecule has 0 bridgehead atoms.